The smallest absolute Gasteiger partial charge is 0.410 e. The summed E-state index contributed by atoms with van der Waals surface area (Å²) >= 11 is 0. The zero-order valence-corrected chi connectivity index (χ0v) is 13.0. The van der Waals surface area contributed by atoms with Crippen molar-refractivity contribution in [3.63, 3.8) is 0 Å². The lowest BCUT2D eigenvalue weighted by Crippen LogP contribution is -2.43. The van der Waals surface area contributed by atoms with E-state index in [1.165, 1.54) is 0 Å². The summed E-state index contributed by atoms with van der Waals surface area (Å²) in [4.78, 5) is 16.3. The van der Waals surface area contributed by atoms with E-state index in [4.69, 9.17) is 10.5 Å². The molecule has 1 amide bonds. The average Bonchev–Trinajstić information content (AvgIpc) is 2.73. The summed E-state index contributed by atoms with van der Waals surface area (Å²) < 4.78 is 5.44. The molecule has 1 rings (SSSR count). The second-order valence-electron chi connectivity index (χ2n) is 6.17. The maximum absolute atomic E-state index is 12.1. The number of carbonyl (C=O) groups excluding carboxylic acids is 1. The summed E-state index contributed by atoms with van der Waals surface area (Å²) in [5.41, 5.74) is 5.41. The van der Waals surface area contributed by atoms with Gasteiger partial charge in [-0.05, 0) is 40.4 Å². The van der Waals surface area contributed by atoms with E-state index in [1.54, 1.807) is 4.90 Å². The summed E-state index contributed by atoms with van der Waals surface area (Å²) in [6.45, 7) is 14.0. The third-order valence-corrected chi connectivity index (χ3v) is 3.64. The first-order valence-electron chi connectivity index (χ1n) is 7.24. The molecule has 0 spiro atoms. The van der Waals surface area contributed by atoms with Gasteiger partial charge in [0.15, 0.2) is 0 Å². The molecule has 1 aliphatic heterocycles. The van der Waals surface area contributed by atoms with Crippen LogP contribution in [0.2, 0.25) is 0 Å². The fourth-order valence-electron chi connectivity index (χ4n) is 2.67. The first kappa shape index (κ1) is 16.2. The molecule has 19 heavy (non-hydrogen) atoms. The quantitative estimate of drug-likeness (QED) is 0.842. The second kappa shape index (κ2) is 6.57. The Kier molecular flexibility index (Phi) is 5.62. The SMILES string of the molecule is CCN(CC)C1CN(C(=O)OC(C)(C)C)CC1CN. The molecular weight excluding hydrogens is 242 g/mol. The molecule has 112 valence electrons. The van der Waals surface area contributed by atoms with Gasteiger partial charge in [0.2, 0.25) is 0 Å². The van der Waals surface area contributed by atoms with E-state index >= 15 is 0 Å². The van der Waals surface area contributed by atoms with Crippen LogP contribution in [0.25, 0.3) is 0 Å². The lowest BCUT2D eigenvalue weighted by Gasteiger charge is -2.29. The van der Waals surface area contributed by atoms with Gasteiger partial charge in [-0.1, -0.05) is 13.8 Å². The zero-order valence-electron chi connectivity index (χ0n) is 13.0. The Hall–Kier alpha value is -0.810. The van der Waals surface area contributed by atoms with Crippen molar-refractivity contribution >= 4 is 6.09 Å². The predicted molar refractivity (Wildman–Crippen MR) is 77.1 cm³/mol. The number of nitrogens with two attached hydrogens (primary N) is 1. The number of amides is 1. The van der Waals surface area contributed by atoms with Gasteiger partial charge in [-0.2, -0.15) is 0 Å². The minimum Gasteiger partial charge on any atom is -0.444 e. The van der Waals surface area contributed by atoms with Crippen LogP contribution in [-0.4, -0.2) is 60.3 Å². The Morgan fingerprint density at radius 1 is 1.32 bits per heavy atom. The van der Waals surface area contributed by atoms with Gasteiger partial charge in [0, 0.05) is 25.0 Å². The lowest BCUT2D eigenvalue weighted by atomic mass is 10.0. The van der Waals surface area contributed by atoms with E-state index in [2.05, 4.69) is 18.7 Å². The van der Waals surface area contributed by atoms with Crippen molar-refractivity contribution in [3.05, 3.63) is 0 Å². The minimum atomic E-state index is -0.442. The van der Waals surface area contributed by atoms with Crippen LogP contribution in [0.5, 0.6) is 0 Å². The van der Waals surface area contributed by atoms with Gasteiger partial charge in [0.25, 0.3) is 0 Å². The van der Waals surface area contributed by atoms with Crippen molar-refractivity contribution in [1.82, 2.24) is 9.80 Å². The molecule has 1 saturated heterocycles. The zero-order chi connectivity index (χ0) is 14.6. The molecular formula is C14H29N3O2. The van der Waals surface area contributed by atoms with Crippen LogP contribution in [0.4, 0.5) is 4.79 Å². The third-order valence-electron chi connectivity index (χ3n) is 3.64. The number of carbonyl (C=O) groups is 1. The van der Waals surface area contributed by atoms with Crippen LogP contribution in [0.3, 0.4) is 0 Å². The van der Waals surface area contributed by atoms with E-state index in [9.17, 15) is 4.79 Å². The molecule has 5 nitrogen and oxygen atoms in total. The van der Waals surface area contributed by atoms with E-state index in [0.29, 0.717) is 25.0 Å². The normalized spacial score (nSPS) is 24.1. The Labute approximate surface area is 117 Å². The lowest BCUT2D eigenvalue weighted by molar-refractivity contribution is 0.0279. The van der Waals surface area contributed by atoms with Crippen molar-refractivity contribution < 1.29 is 9.53 Å². The molecule has 1 heterocycles. The number of nitrogens with zero attached hydrogens (tertiary/aromatic N) is 2. The van der Waals surface area contributed by atoms with Gasteiger partial charge in [-0.3, -0.25) is 4.90 Å². The van der Waals surface area contributed by atoms with Crippen LogP contribution in [0, 0.1) is 5.92 Å². The maximum Gasteiger partial charge on any atom is 0.410 e. The summed E-state index contributed by atoms with van der Waals surface area (Å²) in [5, 5.41) is 0. The molecule has 5 heteroatoms. The van der Waals surface area contributed by atoms with Gasteiger partial charge in [0.1, 0.15) is 5.60 Å². The van der Waals surface area contributed by atoms with Crippen LogP contribution >= 0.6 is 0 Å². The van der Waals surface area contributed by atoms with Crippen molar-refractivity contribution in [2.24, 2.45) is 11.7 Å². The number of likely N-dealkylation sites (tertiary alicyclic amines) is 1. The summed E-state index contributed by atoms with van der Waals surface area (Å²) in [7, 11) is 0. The molecule has 2 atom stereocenters. The fourth-order valence-corrected chi connectivity index (χ4v) is 2.67. The number of hydrogen-bond acceptors (Lipinski definition) is 4. The Morgan fingerprint density at radius 3 is 2.32 bits per heavy atom. The molecule has 0 radical (unpaired) electrons. The third kappa shape index (κ3) is 4.35. The van der Waals surface area contributed by atoms with Crippen molar-refractivity contribution in [2.45, 2.75) is 46.3 Å². The molecule has 0 aromatic rings. The number of rotatable bonds is 4. The summed E-state index contributed by atoms with van der Waals surface area (Å²) in [6, 6.07) is 0.354. The molecule has 0 aromatic heterocycles. The van der Waals surface area contributed by atoms with Crippen LogP contribution in [0.15, 0.2) is 0 Å². The van der Waals surface area contributed by atoms with Crippen LogP contribution < -0.4 is 5.73 Å². The van der Waals surface area contributed by atoms with Gasteiger partial charge in [0.05, 0.1) is 0 Å². The standard InChI is InChI=1S/C14H29N3O2/c1-6-16(7-2)12-10-17(9-11(12)8-15)13(18)19-14(3,4)5/h11-12H,6-10,15H2,1-5H3. The monoisotopic (exact) mass is 271 g/mol. The van der Waals surface area contributed by atoms with E-state index in [1.807, 2.05) is 20.8 Å². The number of hydrogen-bond donors (Lipinski definition) is 1. The number of likely N-dealkylation sites (N-methyl/N-ethyl adjacent to an activating group) is 1. The average molecular weight is 271 g/mol. The molecule has 1 fully saturated rings. The molecule has 2 N–H and O–H groups in total. The maximum atomic E-state index is 12.1. The largest absolute Gasteiger partial charge is 0.444 e. The second-order valence-corrected chi connectivity index (χ2v) is 6.17. The molecule has 1 aliphatic rings. The van der Waals surface area contributed by atoms with Gasteiger partial charge in [-0.25, -0.2) is 4.79 Å². The first-order chi connectivity index (χ1) is 8.82. The molecule has 0 saturated carbocycles. The minimum absolute atomic E-state index is 0.222. The van der Waals surface area contributed by atoms with Crippen LogP contribution in [-0.2, 0) is 4.74 Å². The summed E-state index contributed by atoms with van der Waals surface area (Å²) in [5.74, 6) is 0.340. The van der Waals surface area contributed by atoms with Crippen molar-refractivity contribution in [3.8, 4) is 0 Å². The Balaban J connectivity index is 2.68. The van der Waals surface area contributed by atoms with Crippen molar-refractivity contribution in [2.75, 3.05) is 32.7 Å². The fraction of sp³-hybridized carbons (Fsp3) is 0.929. The Bertz CT molecular complexity index is 298. The van der Waals surface area contributed by atoms with Crippen molar-refractivity contribution in [1.29, 1.82) is 0 Å². The highest BCUT2D eigenvalue weighted by Crippen LogP contribution is 2.23. The van der Waals surface area contributed by atoms with Gasteiger partial charge in [-0.15, -0.1) is 0 Å². The van der Waals surface area contributed by atoms with Gasteiger partial charge < -0.3 is 15.4 Å². The predicted octanol–water partition coefficient (Wildman–Crippen LogP) is 1.52. The summed E-state index contributed by atoms with van der Waals surface area (Å²) in [6.07, 6.45) is -0.222. The van der Waals surface area contributed by atoms with Gasteiger partial charge >= 0.3 is 6.09 Å². The molecule has 2 unspecified atom stereocenters. The van der Waals surface area contributed by atoms with E-state index in [-0.39, 0.29) is 6.09 Å². The van der Waals surface area contributed by atoms with E-state index in [0.717, 1.165) is 19.6 Å². The van der Waals surface area contributed by atoms with Crippen LogP contribution in [0.1, 0.15) is 34.6 Å². The molecule has 0 bridgehead atoms. The highest BCUT2D eigenvalue weighted by molar-refractivity contribution is 5.68. The molecule has 0 aliphatic carbocycles. The topological polar surface area (TPSA) is 58.8 Å². The molecule has 0 aromatic carbocycles. The first-order valence-corrected chi connectivity index (χ1v) is 7.24. The number of ether oxygens (including phenoxy) is 1. The Morgan fingerprint density at radius 2 is 1.89 bits per heavy atom. The van der Waals surface area contributed by atoms with E-state index < -0.39 is 5.60 Å². The highest BCUT2D eigenvalue weighted by Gasteiger charge is 2.38. The highest BCUT2D eigenvalue weighted by atomic mass is 16.6.